The second kappa shape index (κ2) is 6.02. The van der Waals surface area contributed by atoms with Crippen LogP contribution in [0.5, 0.6) is 0 Å². The van der Waals surface area contributed by atoms with Crippen molar-refractivity contribution < 1.29 is 13.7 Å². The van der Waals surface area contributed by atoms with Gasteiger partial charge in [0.2, 0.25) is 0 Å². The van der Waals surface area contributed by atoms with E-state index in [0.29, 0.717) is 6.42 Å². The molecule has 112 valence electrons. The van der Waals surface area contributed by atoms with Crippen molar-refractivity contribution in [2.24, 2.45) is 5.73 Å². The highest BCUT2D eigenvalue weighted by Crippen LogP contribution is 2.37. The average molecular weight is 302 g/mol. The number of benzene rings is 1. The summed E-state index contributed by atoms with van der Waals surface area (Å²) in [7, 11) is -0.435. The fourth-order valence-electron chi connectivity index (χ4n) is 2.05. The number of hydrogen-bond acceptors (Lipinski definition) is 3. The maximum atomic E-state index is 12.8. The number of hydrogen-bond donors (Lipinski definition) is 1. The van der Waals surface area contributed by atoms with E-state index in [9.17, 15) is 4.39 Å². The zero-order valence-corrected chi connectivity index (χ0v) is 13.2. The van der Waals surface area contributed by atoms with Crippen LogP contribution in [0.1, 0.15) is 33.3 Å². The minimum atomic E-state index is -0.435. The first kappa shape index (κ1) is 17.4. The van der Waals surface area contributed by atoms with Gasteiger partial charge in [0.05, 0.1) is 11.2 Å². The van der Waals surface area contributed by atoms with Gasteiger partial charge in [0.15, 0.2) is 0 Å². The number of rotatable bonds is 3. The Hall–Kier alpha value is -0.615. The van der Waals surface area contributed by atoms with Gasteiger partial charge >= 0.3 is 7.12 Å². The summed E-state index contributed by atoms with van der Waals surface area (Å²) < 4.78 is 24.6. The molecule has 0 bridgehead atoms. The fraction of sp³-hybridized carbons (Fsp3) is 0.571. The van der Waals surface area contributed by atoms with Crippen molar-refractivity contribution >= 4 is 19.5 Å². The van der Waals surface area contributed by atoms with Crippen LogP contribution in [0.25, 0.3) is 0 Å². The summed E-state index contributed by atoms with van der Waals surface area (Å²) >= 11 is 0. The first-order valence-electron chi connectivity index (χ1n) is 6.57. The van der Waals surface area contributed by atoms with Gasteiger partial charge in [-0.1, -0.05) is 12.1 Å². The molecule has 2 N–H and O–H groups in total. The molecular weight excluding hydrogens is 279 g/mol. The fourth-order valence-corrected chi connectivity index (χ4v) is 2.05. The van der Waals surface area contributed by atoms with Gasteiger partial charge in [-0.25, -0.2) is 4.39 Å². The lowest BCUT2D eigenvalue weighted by molar-refractivity contribution is 0.00578. The highest BCUT2D eigenvalue weighted by molar-refractivity contribution is 6.47. The summed E-state index contributed by atoms with van der Waals surface area (Å²) in [5.74, 6) is -0.514. The zero-order chi connectivity index (χ0) is 14.3. The van der Waals surface area contributed by atoms with E-state index in [1.54, 1.807) is 12.1 Å². The van der Waals surface area contributed by atoms with Crippen molar-refractivity contribution in [3.63, 3.8) is 0 Å². The Morgan fingerprint density at radius 3 is 2.00 bits per heavy atom. The Bertz CT molecular complexity index is 437. The second-order valence-corrected chi connectivity index (χ2v) is 6.12. The number of nitrogens with two attached hydrogens (primary N) is 1. The molecule has 6 heteroatoms. The summed E-state index contributed by atoms with van der Waals surface area (Å²) in [4.78, 5) is 0. The standard InChI is InChI=1S/C14H21BFNO2.ClH/c1-13(2)14(3,4)19-15(18-13)12(17)9-10-5-7-11(16)8-6-10;/h5-8,12H,9,17H2,1-4H3;1H. The van der Waals surface area contributed by atoms with E-state index in [2.05, 4.69) is 0 Å². The van der Waals surface area contributed by atoms with E-state index >= 15 is 0 Å². The molecule has 20 heavy (non-hydrogen) atoms. The van der Waals surface area contributed by atoms with Gasteiger partial charge in [-0.05, 0) is 51.8 Å². The smallest absolute Gasteiger partial charge is 0.402 e. The van der Waals surface area contributed by atoms with E-state index in [1.165, 1.54) is 12.1 Å². The van der Waals surface area contributed by atoms with E-state index in [0.717, 1.165) is 5.56 Å². The van der Waals surface area contributed by atoms with Crippen molar-refractivity contribution in [1.29, 1.82) is 0 Å². The van der Waals surface area contributed by atoms with E-state index in [-0.39, 0.29) is 35.4 Å². The van der Waals surface area contributed by atoms with Gasteiger partial charge in [-0.15, -0.1) is 12.4 Å². The summed E-state index contributed by atoms with van der Waals surface area (Å²) in [6.45, 7) is 7.99. The SMILES string of the molecule is CC1(C)OB(C(N)Cc2ccc(F)cc2)OC1(C)C.Cl. The van der Waals surface area contributed by atoms with Gasteiger partial charge < -0.3 is 15.0 Å². The van der Waals surface area contributed by atoms with Gasteiger partial charge in [0, 0.05) is 5.94 Å². The summed E-state index contributed by atoms with van der Waals surface area (Å²) in [6, 6.07) is 6.35. The molecule has 1 unspecified atom stereocenters. The van der Waals surface area contributed by atoms with Crippen molar-refractivity contribution in [3.8, 4) is 0 Å². The lowest BCUT2D eigenvalue weighted by Gasteiger charge is -2.32. The Morgan fingerprint density at radius 1 is 1.10 bits per heavy atom. The molecule has 1 atom stereocenters. The van der Waals surface area contributed by atoms with Crippen LogP contribution in [0.15, 0.2) is 24.3 Å². The highest BCUT2D eigenvalue weighted by atomic mass is 35.5. The molecule has 1 saturated heterocycles. The molecule has 1 aliphatic heterocycles. The molecule has 0 saturated carbocycles. The van der Waals surface area contributed by atoms with E-state index < -0.39 is 7.12 Å². The Kier molecular flexibility index (Phi) is 5.25. The lowest BCUT2D eigenvalue weighted by Crippen LogP contribution is -2.43. The third-order valence-corrected chi connectivity index (χ3v) is 4.01. The van der Waals surface area contributed by atoms with Crippen molar-refractivity contribution in [2.75, 3.05) is 0 Å². The zero-order valence-electron chi connectivity index (χ0n) is 12.4. The van der Waals surface area contributed by atoms with Crippen molar-refractivity contribution in [1.82, 2.24) is 0 Å². The minimum absolute atomic E-state index is 0. The second-order valence-electron chi connectivity index (χ2n) is 6.12. The van der Waals surface area contributed by atoms with E-state index in [1.807, 2.05) is 27.7 Å². The molecule has 3 nitrogen and oxygen atoms in total. The molecule has 1 fully saturated rings. The maximum absolute atomic E-state index is 12.8. The monoisotopic (exact) mass is 301 g/mol. The average Bonchev–Trinajstić information content (AvgIpc) is 2.51. The van der Waals surface area contributed by atoms with Crippen LogP contribution in [-0.2, 0) is 15.7 Å². The predicted octanol–water partition coefficient (Wildman–Crippen LogP) is 2.75. The van der Waals surface area contributed by atoms with Gasteiger partial charge in [0.25, 0.3) is 0 Å². The first-order valence-corrected chi connectivity index (χ1v) is 6.57. The molecule has 1 aliphatic rings. The summed E-state index contributed by atoms with van der Waals surface area (Å²) in [6.07, 6.45) is 0.594. The Balaban J connectivity index is 0.00000200. The van der Waals surface area contributed by atoms with Crippen LogP contribution >= 0.6 is 12.4 Å². The van der Waals surface area contributed by atoms with Gasteiger partial charge in [-0.3, -0.25) is 0 Å². The van der Waals surface area contributed by atoms with Crippen LogP contribution < -0.4 is 5.73 Å². The highest BCUT2D eigenvalue weighted by Gasteiger charge is 2.52. The molecule has 0 aromatic heterocycles. The van der Waals surface area contributed by atoms with Crippen LogP contribution in [0.4, 0.5) is 4.39 Å². The Morgan fingerprint density at radius 2 is 1.55 bits per heavy atom. The summed E-state index contributed by atoms with van der Waals surface area (Å²) in [5, 5.41) is 0. The predicted molar refractivity (Wildman–Crippen MR) is 81.4 cm³/mol. The third-order valence-electron chi connectivity index (χ3n) is 4.01. The molecule has 0 amide bonds. The summed E-state index contributed by atoms with van der Waals surface area (Å²) in [5.41, 5.74) is 6.37. The largest absolute Gasteiger partial charge is 0.476 e. The molecule has 1 aromatic carbocycles. The molecule has 0 radical (unpaired) electrons. The van der Waals surface area contributed by atoms with Gasteiger partial charge in [-0.2, -0.15) is 0 Å². The minimum Gasteiger partial charge on any atom is -0.402 e. The van der Waals surface area contributed by atoms with Crippen LogP contribution in [0.2, 0.25) is 0 Å². The van der Waals surface area contributed by atoms with Crippen LogP contribution in [-0.4, -0.2) is 24.3 Å². The number of halogens is 2. The Labute approximate surface area is 126 Å². The molecule has 1 aromatic rings. The quantitative estimate of drug-likeness (QED) is 0.873. The lowest BCUT2D eigenvalue weighted by atomic mass is 9.75. The molecular formula is C14H22BClFNO2. The molecule has 0 spiro atoms. The molecule has 0 aliphatic carbocycles. The van der Waals surface area contributed by atoms with Crippen LogP contribution in [0.3, 0.4) is 0 Å². The first-order chi connectivity index (χ1) is 8.71. The molecule has 1 heterocycles. The van der Waals surface area contributed by atoms with Gasteiger partial charge in [0.1, 0.15) is 5.82 Å². The topological polar surface area (TPSA) is 44.5 Å². The van der Waals surface area contributed by atoms with Crippen LogP contribution in [0, 0.1) is 5.82 Å². The van der Waals surface area contributed by atoms with Crippen molar-refractivity contribution in [2.45, 2.75) is 51.3 Å². The van der Waals surface area contributed by atoms with E-state index in [4.69, 9.17) is 15.0 Å². The van der Waals surface area contributed by atoms with Crippen molar-refractivity contribution in [3.05, 3.63) is 35.6 Å². The third kappa shape index (κ3) is 3.53. The maximum Gasteiger partial charge on any atom is 0.476 e. The normalized spacial score (nSPS) is 21.4. The molecule has 2 rings (SSSR count).